The minimum atomic E-state index is -1.66. The normalized spacial score (nSPS) is 29.3. The lowest BCUT2D eigenvalue weighted by Gasteiger charge is -2.59. The second kappa shape index (κ2) is 25.9. The molecule has 15 nitrogen and oxygen atoms in total. The number of fused-ring (bicyclic) bond motifs is 6. The van der Waals surface area contributed by atoms with Crippen LogP contribution in [0, 0.1) is 39.7 Å². The number of rotatable bonds is 14. The van der Waals surface area contributed by atoms with Gasteiger partial charge in [-0.05, 0) is 128 Å². The van der Waals surface area contributed by atoms with E-state index in [1.165, 1.54) is 30.3 Å². The standard InChI is InChI=1S/C33H35Cl2F3N2O4.C23H19Cl2F3N2O3.C8H16N2O2/c1-39-27(42)11-20-7-5-18(13-44-20)9-26(41)22-12-32(14-31(15-32,16-36)17-37)33(28(22)21-3-2-4-24(35)29(21)38)23-8-6-19(34)10-25(23)40-30(33)43;24-11-4-5-13-15(6-11)29-20(33)23(13)16(12-2-1-3-14(25)17(12)28)18(19(31)32)30-22(23)7-21(8-22,9-26)10-27;1-10-8(11)4-7-3-2-6(9)5-12-7/h2-4,6,8,10,18,20,22,28H,5,7,9,11-17H2,1H3,(H,39,42)(H,40,43);1-6,16,18,30H,7-10H2,(H,29,33)(H,31,32);6-7H,2-5,9H2,1H3,(H,10,11)/t18-,20-,22-,28-,33+;16-,18+,23?;6-,7+/m001/s1. The van der Waals surface area contributed by atoms with Gasteiger partial charge >= 0.3 is 5.97 Å². The van der Waals surface area contributed by atoms with E-state index in [2.05, 4.69) is 26.6 Å². The van der Waals surface area contributed by atoms with Crippen molar-refractivity contribution in [3.05, 3.63) is 127 Å². The van der Waals surface area contributed by atoms with Gasteiger partial charge in [-0.15, -0.1) is 0 Å². The molecule has 3 aliphatic carbocycles. The number of hydrogen-bond acceptors (Lipinski definition) is 10. The van der Waals surface area contributed by atoms with Gasteiger partial charge in [-0.1, -0.05) is 82.8 Å². The second-order valence-corrected chi connectivity index (χ2v) is 27.3. The highest BCUT2D eigenvalue weighted by atomic mass is 35.5. The molecule has 4 aromatic carbocycles. The highest BCUT2D eigenvalue weighted by Crippen LogP contribution is 2.77. The number of carboxylic acids is 1. The van der Waals surface area contributed by atoms with Gasteiger partial charge in [-0.25, -0.2) is 8.78 Å². The number of ether oxygens (including phenoxy) is 2. The molecule has 10 atom stereocenters. The molecule has 480 valence electrons. The van der Waals surface area contributed by atoms with Gasteiger partial charge in [0.1, 0.15) is 28.9 Å². The molecule has 25 heteroatoms. The van der Waals surface area contributed by atoms with Crippen LogP contribution in [0.2, 0.25) is 20.1 Å². The molecule has 3 saturated heterocycles. The van der Waals surface area contributed by atoms with Gasteiger partial charge in [-0.3, -0.25) is 51.6 Å². The average Bonchev–Trinajstić information content (AvgIpc) is 1.52. The van der Waals surface area contributed by atoms with E-state index in [4.69, 9.17) is 61.6 Å². The summed E-state index contributed by atoms with van der Waals surface area (Å²) in [6.45, 7) is -2.86. The SMILES string of the molecule is CNC(=O)C[C@@H]1CC[C@@H](CC(=O)[C@@H]2CC3(CC(CF)(CF)C3)[C@@]3(C(=O)Nc4cc(Cl)ccc43)[C@H]2c2cccc(Cl)c2F)CO1.CNC(=O)C[C@@H]1CC[C@@H](N)CO1.O=C(O)[C@@H]1NC2(CC(CF)(CF)C2)C2(C(=O)Nc3cc(Cl)ccc32)[C@H]1c1cccc(Cl)c1F. The van der Waals surface area contributed by atoms with Crippen LogP contribution in [0.5, 0.6) is 0 Å². The summed E-state index contributed by atoms with van der Waals surface area (Å²) < 4.78 is 99.1. The third-order valence-corrected chi connectivity index (χ3v) is 21.4. The number of carboxylic acid groups (broad SMARTS) is 1. The van der Waals surface area contributed by atoms with Crippen LogP contribution >= 0.6 is 46.4 Å². The number of aliphatic carboxylic acids is 1. The predicted octanol–water partition coefficient (Wildman–Crippen LogP) is 11.0. The van der Waals surface area contributed by atoms with E-state index in [1.807, 2.05) is 0 Å². The molecular weight excluding hydrogens is 1250 g/mol. The summed E-state index contributed by atoms with van der Waals surface area (Å²) in [5.74, 6) is -7.28. The maximum absolute atomic E-state index is 16.0. The molecule has 4 aromatic rings. The van der Waals surface area contributed by atoms with Crippen LogP contribution in [0.3, 0.4) is 0 Å². The van der Waals surface area contributed by atoms with Crippen molar-refractivity contribution in [2.75, 3.05) is 64.6 Å². The summed E-state index contributed by atoms with van der Waals surface area (Å²) in [5.41, 5.74) is -0.612. The fourth-order valence-electron chi connectivity index (χ4n) is 16.6. The Bertz CT molecular complexity index is 3410. The zero-order valence-electron chi connectivity index (χ0n) is 48.8. The molecule has 89 heavy (non-hydrogen) atoms. The number of nitrogens with one attached hydrogen (secondary N) is 5. The lowest BCUT2D eigenvalue weighted by Crippen LogP contribution is -2.70. The monoisotopic (exact) mass is 1320 g/mol. The number of hydrogen-bond donors (Lipinski definition) is 7. The van der Waals surface area contributed by atoms with Crippen molar-refractivity contribution in [1.29, 1.82) is 0 Å². The highest BCUT2D eigenvalue weighted by Gasteiger charge is 2.79. The topological polar surface area (TPSA) is 227 Å². The van der Waals surface area contributed by atoms with E-state index in [-0.39, 0.29) is 108 Å². The summed E-state index contributed by atoms with van der Waals surface area (Å²) in [6, 6.07) is 17.1. The Hall–Kier alpha value is -5.52. The highest BCUT2D eigenvalue weighted by molar-refractivity contribution is 6.32. The van der Waals surface area contributed by atoms with Crippen LogP contribution in [-0.4, -0.2) is 124 Å². The van der Waals surface area contributed by atoms with Crippen LogP contribution in [0.25, 0.3) is 0 Å². The first-order chi connectivity index (χ1) is 42.4. The second-order valence-electron chi connectivity index (χ2n) is 25.6. The van der Waals surface area contributed by atoms with Crippen LogP contribution in [0.15, 0.2) is 72.8 Å². The Morgan fingerprint density at radius 2 is 1.12 bits per heavy atom. The molecule has 0 bridgehead atoms. The van der Waals surface area contributed by atoms with E-state index >= 15 is 8.78 Å². The van der Waals surface area contributed by atoms with Crippen LogP contribution in [-0.2, 0) is 49.1 Å². The van der Waals surface area contributed by atoms with Crippen molar-refractivity contribution >= 4 is 93.2 Å². The fraction of sp³-hybridized carbons (Fsp3) is 0.531. The van der Waals surface area contributed by atoms with Crippen LogP contribution in [0.1, 0.15) is 111 Å². The molecule has 3 saturated carbocycles. The maximum Gasteiger partial charge on any atom is 0.321 e. The summed E-state index contributed by atoms with van der Waals surface area (Å²) in [5, 5.41) is 24.3. The third kappa shape index (κ3) is 11.4. The first kappa shape index (κ1) is 66.4. The van der Waals surface area contributed by atoms with Crippen LogP contribution in [0.4, 0.5) is 37.7 Å². The Morgan fingerprint density at radius 1 is 0.640 bits per heavy atom. The van der Waals surface area contributed by atoms with Gasteiger partial charge in [0.15, 0.2) is 0 Å². The van der Waals surface area contributed by atoms with Crippen molar-refractivity contribution in [2.45, 2.75) is 130 Å². The molecule has 1 unspecified atom stereocenters. The first-order valence-corrected chi connectivity index (χ1v) is 31.2. The molecule has 5 heterocycles. The zero-order chi connectivity index (χ0) is 64.2. The Morgan fingerprint density at radius 3 is 1.60 bits per heavy atom. The van der Waals surface area contributed by atoms with E-state index in [0.29, 0.717) is 65.0 Å². The van der Waals surface area contributed by atoms with Gasteiger partial charge in [0.05, 0.1) is 80.4 Å². The van der Waals surface area contributed by atoms with Gasteiger partial charge in [0, 0.05) is 82.1 Å². The van der Waals surface area contributed by atoms with Crippen molar-refractivity contribution in [1.82, 2.24) is 16.0 Å². The van der Waals surface area contributed by atoms with Crippen molar-refractivity contribution in [3.63, 3.8) is 0 Å². The quantitative estimate of drug-likeness (QED) is 0.0588. The summed E-state index contributed by atoms with van der Waals surface area (Å²) in [6.07, 6.45) is 3.80. The molecule has 4 spiro atoms. The number of ketones is 1. The Balaban J connectivity index is 0.000000170. The van der Waals surface area contributed by atoms with Crippen molar-refractivity contribution in [3.8, 4) is 0 Å². The fourth-order valence-corrected chi connectivity index (χ4v) is 17.3. The molecule has 8 N–H and O–H groups in total. The zero-order valence-corrected chi connectivity index (χ0v) is 51.9. The van der Waals surface area contributed by atoms with Crippen molar-refractivity contribution < 1.29 is 69.7 Å². The minimum Gasteiger partial charge on any atom is -0.480 e. The molecule has 4 amide bonds. The van der Waals surface area contributed by atoms with E-state index < -0.39 is 113 Å². The molecule has 8 aliphatic rings. The smallest absolute Gasteiger partial charge is 0.321 e. The lowest BCUT2D eigenvalue weighted by molar-refractivity contribution is -0.143. The number of amides is 4. The maximum atomic E-state index is 16.0. The molecule has 0 aromatic heterocycles. The first-order valence-electron chi connectivity index (χ1n) is 29.7. The number of carbonyl (C=O) groups is 6. The summed E-state index contributed by atoms with van der Waals surface area (Å²) >= 11 is 24.7. The van der Waals surface area contributed by atoms with E-state index in [9.17, 15) is 51.4 Å². The average molecular weight is 1320 g/mol. The number of benzene rings is 4. The molecule has 12 rings (SSSR count). The molecule has 0 radical (unpaired) electrons. The van der Waals surface area contributed by atoms with E-state index in [1.54, 1.807) is 56.6 Å². The molecule has 6 fully saturated rings. The Kier molecular flexibility index (Phi) is 19.3. The van der Waals surface area contributed by atoms with Gasteiger partial charge in [0.25, 0.3) is 0 Å². The minimum absolute atomic E-state index is 0.0375. The van der Waals surface area contributed by atoms with E-state index in [0.717, 1.165) is 12.8 Å². The number of anilines is 2. The van der Waals surface area contributed by atoms with Crippen molar-refractivity contribution in [2.24, 2.45) is 33.8 Å². The van der Waals surface area contributed by atoms with Gasteiger partial charge in [-0.2, -0.15) is 0 Å². The Labute approximate surface area is 530 Å². The number of nitrogens with two attached hydrogens (primary N) is 1. The largest absolute Gasteiger partial charge is 0.480 e. The summed E-state index contributed by atoms with van der Waals surface area (Å²) in [7, 11) is 3.20. The molecular formula is C64H70Cl4F6N6O9. The number of alkyl halides is 4. The number of carbonyl (C=O) groups excluding carboxylic acids is 5. The summed E-state index contributed by atoms with van der Waals surface area (Å²) in [4.78, 5) is 77.7. The number of Topliss-reactive ketones (excluding diaryl/α,β-unsaturated/α-hetero) is 1. The predicted molar refractivity (Wildman–Crippen MR) is 323 cm³/mol. The number of halogens is 10. The third-order valence-electron chi connectivity index (χ3n) is 20.3. The van der Waals surface area contributed by atoms with Crippen LogP contribution < -0.4 is 32.3 Å². The van der Waals surface area contributed by atoms with Gasteiger partial charge in [0.2, 0.25) is 23.6 Å². The molecule has 5 aliphatic heterocycles. The van der Waals surface area contributed by atoms with Gasteiger partial charge < -0.3 is 41.6 Å². The lowest BCUT2D eigenvalue weighted by atomic mass is 9.43.